The number of aromatic amines is 1. The molecule has 0 fully saturated rings. The molecule has 8 heteroatoms. The first-order valence-corrected chi connectivity index (χ1v) is 5.35. The molecule has 0 amide bonds. The Morgan fingerprint density at radius 3 is 2.83 bits per heavy atom. The number of nitrogens with one attached hydrogen (secondary N) is 2. The zero-order chi connectivity index (χ0) is 13.6. The second-order valence-corrected chi connectivity index (χ2v) is 3.57. The van der Waals surface area contributed by atoms with Crippen LogP contribution in [0.3, 0.4) is 0 Å². The van der Waals surface area contributed by atoms with E-state index in [4.69, 9.17) is 0 Å². The number of hydrogen-bond donors (Lipinski definition) is 2. The molecule has 5 nitrogen and oxygen atoms in total. The molecule has 0 bridgehead atoms. The Bertz CT molecular complexity index is 431. The molecule has 0 saturated carbocycles. The molecule has 1 aromatic heterocycles. The minimum absolute atomic E-state index is 0.0830. The van der Waals surface area contributed by atoms with Gasteiger partial charge in [-0.05, 0) is 6.54 Å². The molecule has 0 aliphatic heterocycles. The van der Waals surface area contributed by atoms with E-state index < -0.39 is 18.3 Å². The summed E-state index contributed by atoms with van der Waals surface area (Å²) in [6, 6.07) is 1.29. The molecule has 0 aliphatic rings. The molecule has 0 unspecified atom stereocenters. The zero-order valence-electron chi connectivity index (χ0n) is 9.80. The largest absolute Gasteiger partial charge is 0.411 e. The third-order valence-electron chi connectivity index (χ3n) is 1.90. The van der Waals surface area contributed by atoms with E-state index in [1.54, 1.807) is 0 Å². The van der Waals surface area contributed by atoms with Crippen LogP contribution in [0.5, 0.6) is 0 Å². The van der Waals surface area contributed by atoms with Gasteiger partial charge in [0.05, 0.1) is 5.69 Å². The van der Waals surface area contributed by atoms with Gasteiger partial charge in [0.2, 0.25) is 0 Å². The van der Waals surface area contributed by atoms with Crippen molar-refractivity contribution in [3.8, 4) is 0 Å². The van der Waals surface area contributed by atoms with Gasteiger partial charge in [0.1, 0.15) is 19.0 Å². The average Bonchev–Trinajstić information content (AvgIpc) is 2.24. The Morgan fingerprint density at radius 2 is 2.22 bits per heavy atom. The standard InChI is InChI=1S/C10H14F3N3O2/c1-2-14-4-7-3-9(17)16-8(15-7)5-18-6-10(11,12)13/h3,14H,2,4-6H2,1H3,(H,15,16,17). The Balaban J connectivity index is 2.60. The molecule has 1 aromatic rings. The summed E-state index contributed by atoms with van der Waals surface area (Å²) in [6.07, 6.45) is -4.39. The Morgan fingerprint density at radius 1 is 1.50 bits per heavy atom. The first-order chi connectivity index (χ1) is 8.40. The van der Waals surface area contributed by atoms with Crippen molar-refractivity contribution >= 4 is 0 Å². The predicted octanol–water partition coefficient (Wildman–Crippen LogP) is 0.958. The van der Waals surface area contributed by atoms with E-state index in [0.29, 0.717) is 18.8 Å². The minimum Gasteiger partial charge on any atom is -0.364 e. The summed E-state index contributed by atoms with van der Waals surface area (Å²) in [5.74, 6) is 0.0830. The number of alkyl halides is 3. The third-order valence-corrected chi connectivity index (χ3v) is 1.90. The van der Waals surface area contributed by atoms with E-state index >= 15 is 0 Å². The lowest BCUT2D eigenvalue weighted by atomic mass is 10.4. The van der Waals surface area contributed by atoms with Gasteiger partial charge in [-0.1, -0.05) is 6.92 Å². The van der Waals surface area contributed by atoms with Crippen LogP contribution in [0.1, 0.15) is 18.4 Å². The highest BCUT2D eigenvalue weighted by atomic mass is 19.4. The summed E-state index contributed by atoms with van der Waals surface area (Å²) in [5, 5.41) is 2.96. The summed E-state index contributed by atoms with van der Waals surface area (Å²) in [4.78, 5) is 17.5. The van der Waals surface area contributed by atoms with E-state index in [1.807, 2.05) is 6.92 Å². The first-order valence-electron chi connectivity index (χ1n) is 5.35. The lowest BCUT2D eigenvalue weighted by molar-refractivity contribution is -0.177. The predicted molar refractivity (Wildman–Crippen MR) is 57.9 cm³/mol. The molecule has 0 radical (unpaired) electrons. The highest BCUT2D eigenvalue weighted by Crippen LogP contribution is 2.14. The molecule has 0 spiro atoms. The molecular formula is C10H14F3N3O2. The van der Waals surface area contributed by atoms with Crippen LogP contribution in [-0.4, -0.2) is 29.3 Å². The van der Waals surface area contributed by atoms with Crippen molar-refractivity contribution in [2.45, 2.75) is 26.3 Å². The SMILES string of the molecule is CCNCc1cc(=O)[nH]c(COCC(F)(F)F)n1. The van der Waals surface area contributed by atoms with Gasteiger partial charge in [-0.15, -0.1) is 0 Å². The van der Waals surface area contributed by atoms with Crippen LogP contribution in [0, 0.1) is 0 Å². The van der Waals surface area contributed by atoms with Gasteiger partial charge < -0.3 is 15.0 Å². The summed E-state index contributed by atoms with van der Waals surface area (Å²) < 4.78 is 40.0. The fourth-order valence-electron chi connectivity index (χ4n) is 1.24. The van der Waals surface area contributed by atoms with Crippen LogP contribution in [0.15, 0.2) is 10.9 Å². The molecule has 102 valence electrons. The maximum absolute atomic E-state index is 11.9. The fourth-order valence-corrected chi connectivity index (χ4v) is 1.24. The Hall–Kier alpha value is -1.41. The maximum Gasteiger partial charge on any atom is 0.411 e. The number of H-pyrrole nitrogens is 1. The molecule has 0 aliphatic carbocycles. The van der Waals surface area contributed by atoms with Crippen LogP contribution in [0.4, 0.5) is 13.2 Å². The van der Waals surface area contributed by atoms with E-state index in [2.05, 4.69) is 20.0 Å². The van der Waals surface area contributed by atoms with Crippen molar-refractivity contribution in [3.05, 3.63) is 27.9 Å². The van der Waals surface area contributed by atoms with Crippen molar-refractivity contribution < 1.29 is 17.9 Å². The first kappa shape index (κ1) is 14.7. The molecule has 1 rings (SSSR count). The van der Waals surface area contributed by atoms with E-state index in [-0.39, 0.29) is 12.4 Å². The Labute approximate surface area is 101 Å². The quantitative estimate of drug-likeness (QED) is 0.804. The van der Waals surface area contributed by atoms with Gasteiger partial charge in [0, 0.05) is 12.6 Å². The smallest absolute Gasteiger partial charge is 0.364 e. The summed E-state index contributed by atoms with van der Waals surface area (Å²) in [5.41, 5.74) is 0.0507. The van der Waals surface area contributed by atoms with E-state index in [9.17, 15) is 18.0 Å². The van der Waals surface area contributed by atoms with Gasteiger partial charge in [-0.3, -0.25) is 4.79 Å². The molecule has 0 saturated heterocycles. The normalized spacial score (nSPS) is 11.8. The second kappa shape index (κ2) is 6.50. The van der Waals surface area contributed by atoms with Crippen molar-refractivity contribution in [2.24, 2.45) is 0 Å². The molecular weight excluding hydrogens is 251 g/mol. The van der Waals surface area contributed by atoms with Crippen LogP contribution >= 0.6 is 0 Å². The summed E-state index contributed by atoms with van der Waals surface area (Å²) in [6.45, 7) is 1.23. The molecule has 2 N–H and O–H groups in total. The number of ether oxygens (including phenoxy) is 1. The van der Waals surface area contributed by atoms with Crippen LogP contribution < -0.4 is 10.9 Å². The van der Waals surface area contributed by atoms with Gasteiger partial charge in [-0.25, -0.2) is 4.98 Å². The van der Waals surface area contributed by atoms with Gasteiger partial charge in [0.15, 0.2) is 0 Å². The topological polar surface area (TPSA) is 67.0 Å². The lowest BCUT2D eigenvalue weighted by Crippen LogP contribution is -2.21. The van der Waals surface area contributed by atoms with Crippen molar-refractivity contribution in [2.75, 3.05) is 13.2 Å². The number of rotatable bonds is 6. The number of halogens is 3. The number of aromatic nitrogens is 2. The van der Waals surface area contributed by atoms with E-state index in [1.165, 1.54) is 6.07 Å². The van der Waals surface area contributed by atoms with Crippen LogP contribution in [0.25, 0.3) is 0 Å². The molecule has 0 aromatic carbocycles. The summed E-state index contributed by atoms with van der Waals surface area (Å²) >= 11 is 0. The summed E-state index contributed by atoms with van der Waals surface area (Å²) in [7, 11) is 0. The lowest BCUT2D eigenvalue weighted by Gasteiger charge is -2.08. The Kier molecular flexibility index (Phi) is 5.29. The van der Waals surface area contributed by atoms with E-state index in [0.717, 1.165) is 0 Å². The van der Waals surface area contributed by atoms with Crippen molar-refractivity contribution in [3.63, 3.8) is 0 Å². The van der Waals surface area contributed by atoms with Crippen LogP contribution in [-0.2, 0) is 17.9 Å². The van der Waals surface area contributed by atoms with Gasteiger partial charge >= 0.3 is 6.18 Å². The fraction of sp³-hybridized carbons (Fsp3) is 0.600. The maximum atomic E-state index is 11.9. The van der Waals surface area contributed by atoms with Crippen molar-refractivity contribution in [1.82, 2.24) is 15.3 Å². The zero-order valence-corrected chi connectivity index (χ0v) is 9.80. The van der Waals surface area contributed by atoms with Gasteiger partial charge in [0.25, 0.3) is 5.56 Å². The number of hydrogen-bond acceptors (Lipinski definition) is 4. The number of nitrogens with zero attached hydrogens (tertiary/aromatic N) is 1. The third kappa shape index (κ3) is 5.78. The van der Waals surface area contributed by atoms with Crippen molar-refractivity contribution in [1.29, 1.82) is 0 Å². The minimum atomic E-state index is -4.39. The molecule has 18 heavy (non-hydrogen) atoms. The monoisotopic (exact) mass is 265 g/mol. The molecule has 1 heterocycles. The average molecular weight is 265 g/mol. The van der Waals surface area contributed by atoms with Gasteiger partial charge in [-0.2, -0.15) is 13.2 Å². The molecule has 0 atom stereocenters. The highest BCUT2D eigenvalue weighted by molar-refractivity contribution is 5.02. The second-order valence-electron chi connectivity index (χ2n) is 3.57. The highest BCUT2D eigenvalue weighted by Gasteiger charge is 2.27. The van der Waals surface area contributed by atoms with Crippen LogP contribution in [0.2, 0.25) is 0 Å².